The third-order valence-corrected chi connectivity index (χ3v) is 2.99. The molecule has 1 aliphatic heterocycles. The van der Waals surface area contributed by atoms with E-state index in [-0.39, 0.29) is 5.91 Å². The first-order valence-electron chi connectivity index (χ1n) is 4.80. The van der Waals surface area contributed by atoms with Gasteiger partial charge < -0.3 is 4.74 Å². The summed E-state index contributed by atoms with van der Waals surface area (Å²) in [5, 5.41) is 0. The number of carbonyl (C=O) groups excluding carboxylic acids is 1. The molecule has 4 heteroatoms. The van der Waals surface area contributed by atoms with Gasteiger partial charge in [-0.1, -0.05) is 15.9 Å². The Morgan fingerprint density at radius 2 is 2.27 bits per heavy atom. The topological polar surface area (TPSA) is 29.5 Å². The standard InChI is InChI=1S/C11H12BrNO2/c1-15-7-13-10-4-3-9(12)6-8(10)2-5-11(13)14/h3-4,6H,2,5,7H2,1H3. The van der Waals surface area contributed by atoms with Gasteiger partial charge in [0.05, 0.1) is 0 Å². The monoisotopic (exact) mass is 269 g/mol. The van der Waals surface area contributed by atoms with E-state index in [0.717, 1.165) is 16.6 Å². The minimum Gasteiger partial charge on any atom is -0.364 e. The van der Waals surface area contributed by atoms with E-state index in [0.29, 0.717) is 13.2 Å². The van der Waals surface area contributed by atoms with E-state index >= 15 is 0 Å². The van der Waals surface area contributed by atoms with Crippen molar-refractivity contribution in [1.82, 2.24) is 0 Å². The van der Waals surface area contributed by atoms with Crippen LogP contribution in [0.3, 0.4) is 0 Å². The van der Waals surface area contributed by atoms with Crippen molar-refractivity contribution in [3.8, 4) is 0 Å². The van der Waals surface area contributed by atoms with E-state index in [1.165, 1.54) is 5.56 Å². The zero-order valence-corrected chi connectivity index (χ0v) is 10.1. The fourth-order valence-electron chi connectivity index (χ4n) is 1.80. The molecule has 15 heavy (non-hydrogen) atoms. The Bertz CT molecular complexity index is 392. The number of carbonyl (C=O) groups is 1. The Morgan fingerprint density at radius 3 is 3.00 bits per heavy atom. The average Bonchev–Trinajstić information content (AvgIpc) is 2.22. The summed E-state index contributed by atoms with van der Waals surface area (Å²) >= 11 is 3.43. The number of ether oxygens (including phenoxy) is 1. The van der Waals surface area contributed by atoms with Crippen molar-refractivity contribution in [1.29, 1.82) is 0 Å². The molecule has 1 aliphatic rings. The van der Waals surface area contributed by atoms with Gasteiger partial charge >= 0.3 is 0 Å². The summed E-state index contributed by atoms with van der Waals surface area (Å²) in [6.07, 6.45) is 1.38. The van der Waals surface area contributed by atoms with Gasteiger partial charge in [-0.15, -0.1) is 0 Å². The van der Waals surface area contributed by atoms with Gasteiger partial charge in [-0.25, -0.2) is 0 Å². The van der Waals surface area contributed by atoms with Crippen molar-refractivity contribution in [3.63, 3.8) is 0 Å². The minimum absolute atomic E-state index is 0.131. The molecular weight excluding hydrogens is 258 g/mol. The molecule has 0 fully saturated rings. The van der Waals surface area contributed by atoms with Crippen molar-refractivity contribution >= 4 is 27.5 Å². The van der Waals surface area contributed by atoms with E-state index in [4.69, 9.17) is 4.74 Å². The molecule has 0 atom stereocenters. The number of fused-ring (bicyclic) bond motifs is 1. The van der Waals surface area contributed by atoms with Crippen LogP contribution in [0.15, 0.2) is 22.7 Å². The quantitative estimate of drug-likeness (QED) is 0.825. The molecule has 0 bridgehead atoms. The second-order valence-electron chi connectivity index (χ2n) is 3.51. The number of rotatable bonds is 2. The van der Waals surface area contributed by atoms with Crippen LogP contribution in [0.4, 0.5) is 5.69 Å². The predicted octanol–water partition coefficient (Wildman–Crippen LogP) is 2.33. The molecule has 0 saturated carbocycles. The van der Waals surface area contributed by atoms with Crippen LogP contribution >= 0.6 is 15.9 Å². The van der Waals surface area contributed by atoms with Crippen LogP contribution in [-0.4, -0.2) is 19.7 Å². The molecule has 0 radical (unpaired) electrons. The average molecular weight is 270 g/mol. The Kier molecular flexibility index (Phi) is 3.07. The first-order chi connectivity index (χ1) is 7.22. The summed E-state index contributed by atoms with van der Waals surface area (Å²) in [5.74, 6) is 0.131. The highest BCUT2D eigenvalue weighted by Crippen LogP contribution is 2.30. The van der Waals surface area contributed by atoms with Gasteiger partial charge in [-0.2, -0.15) is 0 Å². The largest absolute Gasteiger partial charge is 0.364 e. The lowest BCUT2D eigenvalue weighted by Crippen LogP contribution is -2.36. The highest BCUT2D eigenvalue weighted by Gasteiger charge is 2.23. The summed E-state index contributed by atoms with van der Waals surface area (Å²) in [6, 6.07) is 5.96. The summed E-state index contributed by atoms with van der Waals surface area (Å²) in [7, 11) is 1.60. The lowest BCUT2D eigenvalue weighted by molar-refractivity contribution is -0.119. The molecule has 0 N–H and O–H groups in total. The smallest absolute Gasteiger partial charge is 0.229 e. The Balaban J connectivity index is 2.39. The molecule has 0 saturated heterocycles. The zero-order chi connectivity index (χ0) is 10.8. The minimum atomic E-state index is 0.131. The highest BCUT2D eigenvalue weighted by atomic mass is 79.9. The molecule has 0 unspecified atom stereocenters. The van der Waals surface area contributed by atoms with E-state index < -0.39 is 0 Å². The fraction of sp³-hybridized carbons (Fsp3) is 0.364. The number of anilines is 1. The molecule has 2 rings (SSSR count). The number of aryl methyl sites for hydroxylation is 1. The number of benzene rings is 1. The maximum atomic E-state index is 11.7. The normalized spacial score (nSPS) is 15.3. The Morgan fingerprint density at radius 1 is 1.47 bits per heavy atom. The second-order valence-corrected chi connectivity index (χ2v) is 4.43. The van der Waals surface area contributed by atoms with Crippen LogP contribution in [0, 0.1) is 0 Å². The summed E-state index contributed by atoms with van der Waals surface area (Å²) in [6.45, 7) is 0.327. The van der Waals surface area contributed by atoms with E-state index in [9.17, 15) is 4.79 Å². The molecule has 1 heterocycles. The third kappa shape index (κ3) is 2.06. The van der Waals surface area contributed by atoms with Gasteiger partial charge in [0, 0.05) is 23.7 Å². The van der Waals surface area contributed by atoms with Crippen LogP contribution in [0.2, 0.25) is 0 Å². The van der Waals surface area contributed by atoms with Crippen LogP contribution in [0.1, 0.15) is 12.0 Å². The molecule has 1 amide bonds. The maximum Gasteiger partial charge on any atom is 0.229 e. The van der Waals surface area contributed by atoms with Gasteiger partial charge in [0.1, 0.15) is 6.73 Å². The molecule has 1 aromatic rings. The van der Waals surface area contributed by atoms with Crippen LogP contribution in [0.5, 0.6) is 0 Å². The van der Waals surface area contributed by atoms with E-state index in [2.05, 4.69) is 22.0 Å². The lowest BCUT2D eigenvalue weighted by Gasteiger charge is -2.28. The molecule has 0 aliphatic carbocycles. The Hall–Kier alpha value is -0.870. The number of methoxy groups -OCH3 is 1. The maximum absolute atomic E-state index is 11.7. The molecule has 0 spiro atoms. The lowest BCUT2D eigenvalue weighted by atomic mass is 10.0. The van der Waals surface area contributed by atoms with Crippen molar-refractivity contribution in [2.45, 2.75) is 12.8 Å². The van der Waals surface area contributed by atoms with E-state index in [1.807, 2.05) is 12.1 Å². The molecule has 1 aromatic carbocycles. The number of nitrogens with zero attached hydrogens (tertiary/aromatic N) is 1. The number of amides is 1. The van der Waals surface area contributed by atoms with Gasteiger partial charge in [-0.3, -0.25) is 9.69 Å². The highest BCUT2D eigenvalue weighted by molar-refractivity contribution is 9.10. The molecule has 80 valence electrons. The number of hydrogen-bond donors (Lipinski definition) is 0. The van der Waals surface area contributed by atoms with Crippen LogP contribution < -0.4 is 4.90 Å². The third-order valence-electron chi connectivity index (χ3n) is 2.50. The number of hydrogen-bond acceptors (Lipinski definition) is 2. The zero-order valence-electron chi connectivity index (χ0n) is 8.50. The van der Waals surface area contributed by atoms with Crippen molar-refractivity contribution in [3.05, 3.63) is 28.2 Å². The number of halogens is 1. The molecular formula is C11H12BrNO2. The van der Waals surface area contributed by atoms with Crippen molar-refractivity contribution in [2.75, 3.05) is 18.7 Å². The summed E-state index contributed by atoms with van der Waals surface area (Å²) in [4.78, 5) is 13.4. The van der Waals surface area contributed by atoms with Crippen LogP contribution in [0.25, 0.3) is 0 Å². The summed E-state index contributed by atoms with van der Waals surface area (Å²) < 4.78 is 6.08. The SMILES string of the molecule is COCN1C(=O)CCc2cc(Br)ccc21. The molecule has 3 nitrogen and oxygen atoms in total. The van der Waals surface area contributed by atoms with Crippen molar-refractivity contribution in [2.24, 2.45) is 0 Å². The first kappa shape index (κ1) is 10.6. The molecule has 0 aromatic heterocycles. The summed E-state index contributed by atoms with van der Waals surface area (Å²) in [5.41, 5.74) is 2.16. The van der Waals surface area contributed by atoms with E-state index in [1.54, 1.807) is 12.0 Å². The van der Waals surface area contributed by atoms with Crippen LogP contribution in [-0.2, 0) is 16.0 Å². The van der Waals surface area contributed by atoms with Gasteiger partial charge in [0.25, 0.3) is 0 Å². The van der Waals surface area contributed by atoms with Gasteiger partial charge in [0.15, 0.2) is 0 Å². The van der Waals surface area contributed by atoms with Gasteiger partial charge in [-0.05, 0) is 30.2 Å². The second kappa shape index (κ2) is 4.33. The van der Waals surface area contributed by atoms with Crippen molar-refractivity contribution < 1.29 is 9.53 Å². The fourth-order valence-corrected chi connectivity index (χ4v) is 2.21. The Labute approximate surface area is 97.2 Å². The van der Waals surface area contributed by atoms with Gasteiger partial charge in [0.2, 0.25) is 5.91 Å². The predicted molar refractivity (Wildman–Crippen MR) is 61.8 cm³/mol. The first-order valence-corrected chi connectivity index (χ1v) is 5.59.